The lowest BCUT2D eigenvalue weighted by Gasteiger charge is -2.21. The molecule has 1 aromatic carbocycles. The maximum Gasteiger partial charge on any atom is 0.416 e. The molecule has 2 N–H and O–H groups in total. The Bertz CT molecular complexity index is 488. The minimum Gasteiger partial charge on any atom is -0.251 e. The summed E-state index contributed by atoms with van der Waals surface area (Å²) in [5, 5.41) is 5.35. The van der Waals surface area contributed by atoms with Gasteiger partial charge in [0, 0.05) is 4.47 Å². The van der Waals surface area contributed by atoms with Gasteiger partial charge in [0.15, 0.2) is 0 Å². The van der Waals surface area contributed by atoms with Gasteiger partial charge in [0.1, 0.15) is 0 Å². The molecule has 108 valence electrons. The molecule has 0 saturated carbocycles. The second kappa shape index (κ2) is 5.93. The molecule has 0 unspecified atom stereocenters. The minimum atomic E-state index is -4.37. The van der Waals surface area contributed by atoms with Crippen molar-refractivity contribution in [2.75, 3.05) is 0 Å². The van der Waals surface area contributed by atoms with Gasteiger partial charge in [0.2, 0.25) is 0 Å². The zero-order valence-corrected chi connectivity index (χ0v) is 13.0. The van der Waals surface area contributed by atoms with Crippen LogP contribution < -0.4 is 5.14 Å². The van der Waals surface area contributed by atoms with Crippen LogP contribution in [0.1, 0.15) is 31.4 Å². The van der Waals surface area contributed by atoms with Crippen molar-refractivity contribution >= 4 is 26.9 Å². The molecule has 2 nitrogen and oxygen atoms in total. The zero-order chi connectivity index (χ0) is 14.8. The van der Waals surface area contributed by atoms with E-state index in [-0.39, 0.29) is 0 Å². The topological polar surface area (TPSA) is 43.1 Å². The summed E-state index contributed by atoms with van der Waals surface area (Å²) in [5.74, 6) is 0. The quantitative estimate of drug-likeness (QED) is 0.874. The molecule has 0 aliphatic carbocycles. The highest BCUT2D eigenvalue weighted by molar-refractivity contribution is 9.10. The molecule has 7 heteroatoms. The Morgan fingerprint density at radius 3 is 2.32 bits per heavy atom. The molecule has 0 saturated heterocycles. The molecule has 1 rings (SSSR count). The molecule has 0 heterocycles. The van der Waals surface area contributed by atoms with E-state index >= 15 is 0 Å². The van der Waals surface area contributed by atoms with Crippen molar-refractivity contribution in [3.63, 3.8) is 0 Å². The summed E-state index contributed by atoms with van der Waals surface area (Å²) in [6, 6.07) is 3.78. The third-order valence-electron chi connectivity index (χ3n) is 2.85. The molecule has 0 aliphatic rings. The van der Waals surface area contributed by atoms with Gasteiger partial charge in [-0.05, 0) is 50.5 Å². The smallest absolute Gasteiger partial charge is 0.251 e. The lowest BCUT2D eigenvalue weighted by atomic mass is 10.0. The molecule has 0 fully saturated rings. The van der Waals surface area contributed by atoms with E-state index in [9.17, 15) is 17.4 Å². The molecule has 0 aromatic heterocycles. The third kappa shape index (κ3) is 4.89. The maximum absolute atomic E-state index is 12.7. The third-order valence-corrected chi connectivity index (χ3v) is 4.60. The lowest BCUT2D eigenvalue weighted by Crippen LogP contribution is -2.32. The number of rotatable bonds is 4. The fourth-order valence-corrected chi connectivity index (χ4v) is 2.35. The highest BCUT2D eigenvalue weighted by atomic mass is 79.9. The molecular formula is C12H15BrF3NOS. The van der Waals surface area contributed by atoms with Crippen molar-refractivity contribution < 1.29 is 17.4 Å². The van der Waals surface area contributed by atoms with Crippen LogP contribution >= 0.6 is 15.9 Å². The Morgan fingerprint density at radius 1 is 1.26 bits per heavy atom. The Kier molecular flexibility index (Phi) is 5.20. The van der Waals surface area contributed by atoms with Crippen LogP contribution in [0.2, 0.25) is 0 Å². The normalized spacial score (nSPS) is 14.5. The van der Waals surface area contributed by atoms with Crippen LogP contribution in [-0.2, 0) is 23.6 Å². The van der Waals surface area contributed by atoms with E-state index in [1.807, 2.05) is 0 Å². The predicted octanol–water partition coefficient (Wildman–Crippen LogP) is 3.80. The number of alkyl halides is 3. The van der Waals surface area contributed by atoms with E-state index in [0.29, 0.717) is 22.9 Å². The van der Waals surface area contributed by atoms with Gasteiger partial charge in [-0.1, -0.05) is 15.9 Å². The van der Waals surface area contributed by atoms with E-state index < -0.39 is 27.5 Å². The summed E-state index contributed by atoms with van der Waals surface area (Å²) in [4.78, 5) is 0. The molecule has 1 atom stereocenters. The Balaban J connectivity index is 2.91. The Hall–Kier alpha value is -0.400. The van der Waals surface area contributed by atoms with Gasteiger partial charge in [-0.2, -0.15) is 13.2 Å². The fourth-order valence-electron chi connectivity index (χ4n) is 1.50. The second-order valence-electron chi connectivity index (χ2n) is 4.90. The van der Waals surface area contributed by atoms with Gasteiger partial charge in [0.25, 0.3) is 0 Å². The summed E-state index contributed by atoms with van der Waals surface area (Å²) < 4.78 is 49.0. The van der Waals surface area contributed by atoms with Crippen LogP contribution in [0.25, 0.3) is 0 Å². The number of nitrogens with two attached hydrogens (primary N) is 1. The van der Waals surface area contributed by atoms with Crippen molar-refractivity contribution in [1.82, 2.24) is 0 Å². The summed E-state index contributed by atoms with van der Waals surface area (Å²) in [6.07, 6.45) is -3.53. The van der Waals surface area contributed by atoms with Crippen molar-refractivity contribution in [2.24, 2.45) is 5.14 Å². The first-order valence-corrected chi connectivity index (χ1v) is 7.56. The molecule has 1 aromatic rings. The Labute approximate surface area is 121 Å². The van der Waals surface area contributed by atoms with Gasteiger partial charge < -0.3 is 0 Å². The fraction of sp³-hybridized carbons (Fsp3) is 0.500. The monoisotopic (exact) mass is 357 g/mol. The van der Waals surface area contributed by atoms with Crippen LogP contribution in [0, 0.1) is 0 Å². The first-order chi connectivity index (χ1) is 8.52. The van der Waals surface area contributed by atoms with E-state index in [1.54, 1.807) is 19.9 Å². The number of hydrogen-bond acceptors (Lipinski definition) is 1. The molecule has 0 bridgehead atoms. The van der Waals surface area contributed by atoms with Crippen molar-refractivity contribution in [2.45, 2.75) is 37.6 Å². The standard InChI is InChI=1S/C12H15BrF3NOS/c1-11(2,19(17)18)4-3-8-5-9(12(14,15)16)7-10(13)6-8/h5-7H,3-4,17H2,1-2H3/t19-/m0/s1. The van der Waals surface area contributed by atoms with Crippen LogP contribution in [0.3, 0.4) is 0 Å². The SMILES string of the molecule is CC(C)(CCc1cc(Br)cc(C(F)(F)F)c1)[S@@](N)=O. The van der Waals surface area contributed by atoms with E-state index in [2.05, 4.69) is 15.9 Å². The van der Waals surface area contributed by atoms with Crippen molar-refractivity contribution in [3.8, 4) is 0 Å². The predicted molar refractivity (Wildman–Crippen MR) is 73.9 cm³/mol. The van der Waals surface area contributed by atoms with E-state index in [0.717, 1.165) is 12.1 Å². The highest BCUT2D eigenvalue weighted by Crippen LogP contribution is 2.32. The molecule has 0 radical (unpaired) electrons. The average Bonchev–Trinajstić information content (AvgIpc) is 2.24. The van der Waals surface area contributed by atoms with Crippen molar-refractivity contribution in [3.05, 3.63) is 33.8 Å². The maximum atomic E-state index is 12.7. The molecule has 19 heavy (non-hydrogen) atoms. The van der Waals surface area contributed by atoms with Crippen LogP contribution in [0.4, 0.5) is 13.2 Å². The van der Waals surface area contributed by atoms with Gasteiger partial charge in [0.05, 0.1) is 21.3 Å². The molecule has 0 amide bonds. The first kappa shape index (κ1) is 16.7. The van der Waals surface area contributed by atoms with Gasteiger partial charge in [-0.25, -0.2) is 4.21 Å². The van der Waals surface area contributed by atoms with Crippen LogP contribution in [0.5, 0.6) is 0 Å². The van der Waals surface area contributed by atoms with Crippen LogP contribution in [0.15, 0.2) is 22.7 Å². The first-order valence-electron chi connectivity index (χ1n) is 5.55. The molecule has 0 aliphatic heterocycles. The summed E-state index contributed by atoms with van der Waals surface area (Å²) in [7, 11) is -1.51. The summed E-state index contributed by atoms with van der Waals surface area (Å²) in [6.45, 7) is 3.46. The largest absolute Gasteiger partial charge is 0.416 e. The summed E-state index contributed by atoms with van der Waals surface area (Å²) in [5.41, 5.74) is -0.149. The number of aryl methyl sites for hydroxylation is 1. The van der Waals surface area contributed by atoms with Crippen LogP contribution in [-0.4, -0.2) is 8.96 Å². The van der Waals surface area contributed by atoms with Gasteiger partial charge in [-0.3, -0.25) is 5.14 Å². The lowest BCUT2D eigenvalue weighted by molar-refractivity contribution is -0.137. The number of hydrogen-bond donors (Lipinski definition) is 1. The van der Waals surface area contributed by atoms with Crippen molar-refractivity contribution in [1.29, 1.82) is 0 Å². The number of benzene rings is 1. The van der Waals surface area contributed by atoms with E-state index in [4.69, 9.17) is 5.14 Å². The highest BCUT2D eigenvalue weighted by Gasteiger charge is 2.31. The van der Waals surface area contributed by atoms with Gasteiger partial charge in [-0.15, -0.1) is 0 Å². The second-order valence-corrected chi connectivity index (χ2v) is 7.52. The van der Waals surface area contributed by atoms with E-state index in [1.165, 1.54) is 0 Å². The summed E-state index contributed by atoms with van der Waals surface area (Å²) >= 11 is 3.07. The zero-order valence-electron chi connectivity index (χ0n) is 10.6. The molecule has 0 spiro atoms. The minimum absolute atomic E-state index is 0.379. The Morgan fingerprint density at radius 2 is 1.84 bits per heavy atom. The molecular weight excluding hydrogens is 343 g/mol. The van der Waals surface area contributed by atoms with Gasteiger partial charge >= 0.3 is 6.18 Å². The average molecular weight is 358 g/mol. The number of halogens is 4.